The van der Waals surface area contributed by atoms with Crippen LogP contribution in [0.4, 0.5) is 0 Å². The molecule has 4 nitrogen and oxygen atoms in total. The van der Waals surface area contributed by atoms with Crippen LogP contribution in [0, 0.1) is 0 Å². The van der Waals surface area contributed by atoms with Crippen molar-refractivity contribution in [1.82, 2.24) is 9.21 Å². The molecule has 0 amide bonds. The van der Waals surface area contributed by atoms with Crippen molar-refractivity contribution < 1.29 is 8.42 Å². The van der Waals surface area contributed by atoms with E-state index in [4.69, 9.17) is 0 Å². The third kappa shape index (κ3) is 4.03. The highest BCUT2D eigenvalue weighted by atomic mass is 32.2. The van der Waals surface area contributed by atoms with E-state index in [0.717, 1.165) is 26.1 Å². The third-order valence-corrected chi connectivity index (χ3v) is 5.53. The molecule has 0 aliphatic carbocycles. The van der Waals surface area contributed by atoms with Crippen molar-refractivity contribution in [2.45, 2.75) is 13.3 Å². The molecule has 1 fully saturated rings. The first-order chi connectivity index (χ1) is 9.12. The lowest BCUT2D eigenvalue weighted by Gasteiger charge is -2.33. The number of rotatable bonds is 5. The molecule has 1 heterocycles. The summed E-state index contributed by atoms with van der Waals surface area (Å²) in [4.78, 5) is 2.34. The fourth-order valence-electron chi connectivity index (χ4n) is 2.35. The smallest absolute Gasteiger partial charge is 0.213 e. The van der Waals surface area contributed by atoms with E-state index in [1.54, 1.807) is 11.2 Å². The summed E-state index contributed by atoms with van der Waals surface area (Å²) < 4.78 is 25.1. The van der Waals surface area contributed by atoms with Crippen LogP contribution in [-0.4, -0.2) is 56.1 Å². The number of nitrogens with zero attached hydrogens (tertiary/aromatic N) is 2. The normalized spacial score (nSPS) is 18.6. The molecule has 2 rings (SSSR count). The summed E-state index contributed by atoms with van der Waals surface area (Å²) in [6.07, 6.45) is 1.03. The zero-order valence-electron chi connectivity index (χ0n) is 11.5. The van der Waals surface area contributed by atoms with E-state index in [-0.39, 0.29) is 5.75 Å². The molecule has 106 valence electrons. The molecule has 1 aliphatic heterocycles. The first-order valence-corrected chi connectivity index (χ1v) is 8.47. The van der Waals surface area contributed by atoms with Crippen LogP contribution < -0.4 is 0 Å². The lowest BCUT2D eigenvalue weighted by atomic mass is 10.1. The van der Waals surface area contributed by atoms with Crippen molar-refractivity contribution in [2.24, 2.45) is 0 Å². The quantitative estimate of drug-likeness (QED) is 0.815. The molecule has 1 aliphatic rings. The van der Waals surface area contributed by atoms with Crippen LogP contribution in [0.5, 0.6) is 0 Å². The van der Waals surface area contributed by atoms with Gasteiger partial charge in [0.2, 0.25) is 10.0 Å². The van der Waals surface area contributed by atoms with Crippen molar-refractivity contribution in [2.75, 3.05) is 38.5 Å². The van der Waals surface area contributed by atoms with Gasteiger partial charge in [-0.3, -0.25) is 0 Å². The summed E-state index contributed by atoms with van der Waals surface area (Å²) in [6, 6.07) is 10.4. The average Bonchev–Trinajstić information content (AvgIpc) is 2.47. The lowest BCUT2D eigenvalue weighted by molar-refractivity contribution is 0.190. The molecule has 0 radical (unpaired) electrons. The Morgan fingerprint density at radius 2 is 1.68 bits per heavy atom. The van der Waals surface area contributed by atoms with E-state index in [0.29, 0.717) is 13.1 Å². The maximum atomic E-state index is 11.7. The zero-order chi connectivity index (χ0) is 13.7. The Bertz CT molecular complexity index is 479. The molecular weight excluding hydrogens is 260 g/mol. The number of piperazine rings is 1. The van der Waals surface area contributed by atoms with Crippen LogP contribution in [0.3, 0.4) is 0 Å². The molecule has 1 aromatic carbocycles. The van der Waals surface area contributed by atoms with Gasteiger partial charge < -0.3 is 4.90 Å². The average molecular weight is 282 g/mol. The highest BCUT2D eigenvalue weighted by molar-refractivity contribution is 7.89. The van der Waals surface area contributed by atoms with Gasteiger partial charge in [-0.25, -0.2) is 8.42 Å². The van der Waals surface area contributed by atoms with E-state index in [1.807, 2.05) is 6.07 Å². The van der Waals surface area contributed by atoms with Gasteiger partial charge in [-0.05, 0) is 18.9 Å². The van der Waals surface area contributed by atoms with Crippen LogP contribution in [0.2, 0.25) is 0 Å². The Kier molecular flexibility index (Phi) is 4.96. The molecular formula is C14H22N2O2S. The molecule has 0 atom stereocenters. The van der Waals surface area contributed by atoms with Gasteiger partial charge in [0.05, 0.1) is 5.75 Å². The molecule has 0 saturated carbocycles. The number of benzene rings is 1. The fourth-order valence-corrected chi connectivity index (χ4v) is 3.43. The number of hydrogen-bond acceptors (Lipinski definition) is 3. The van der Waals surface area contributed by atoms with Crippen molar-refractivity contribution in [3.63, 3.8) is 0 Å². The lowest BCUT2D eigenvalue weighted by Crippen LogP contribution is -2.49. The van der Waals surface area contributed by atoms with Crippen molar-refractivity contribution in [3.8, 4) is 0 Å². The van der Waals surface area contributed by atoms with E-state index in [1.165, 1.54) is 5.56 Å². The van der Waals surface area contributed by atoms with E-state index >= 15 is 0 Å². The Balaban J connectivity index is 1.78. The first kappa shape index (κ1) is 14.5. The van der Waals surface area contributed by atoms with Gasteiger partial charge in [-0.1, -0.05) is 30.3 Å². The maximum absolute atomic E-state index is 11.7. The maximum Gasteiger partial charge on any atom is 0.213 e. The summed E-state index contributed by atoms with van der Waals surface area (Å²) in [5.74, 6) is 0.205. The van der Waals surface area contributed by atoms with E-state index < -0.39 is 10.0 Å². The minimum Gasteiger partial charge on any atom is -0.300 e. The first-order valence-electron chi connectivity index (χ1n) is 6.86. The zero-order valence-corrected chi connectivity index (χ0v) is 12.3. The third-order valence-electron chi connectivity index (χ3n) is 3.65. The van der Waals surface area contributed by atoms with Crippen LogP contribution in [0.15, 0.2) is 30.3 Å². The second-order valence-corrected chi connectivity index (χ2v) is 7.13. The van der Waals surface area contributed by atoms with Crippen LogP contribution >= 0.6 is 0 Å². The van der Waals surface area contributed by atoms with Gasteiger partial charge in [0, 0.05) is 32.7 Å². The monoisotopic (exact) mass is 282 g/mol. The van der Waals surface area contributed by atoms with Gasteiger partial charge in [0.1, 0.15) is 0 Å². The fraction of sp³-hybridized carbons (Fsp3) is 0.571. The topological polar surface area (TPSA) is 40.6 Å². The predicted octanol–water partition coefficient (Wildman–Crippen LogP) is 1.20. The summed E-state index contributed by atoms with van der Waals surface area (Å²) >= 11 is 0. The molecule has 1 aromatic rings. The number of sulfonamides is 1. The highest BCUT2D eigenvalue weighted by Crippen LogP contribution is 2.09. The summed E-state index contributed by atoms with van der Waals surface area (Å²) in [5, 5.41) is 0. The standard InChI is InChI=1S/C14H22N2O2S/c1-2-19(17,18)16-12-10-15(11-13-16)9-8-14-6-4-3-5-7-14/h3-7H,2,8-13H2,1H3. The minimum atomic E-state index is -3.01. The number of hydrogen-bond donors (Lipinski definition) is 0. The van der Waals surface area contributed by atoms with Gasteiger partial charge in [-0.2, -0.15) is 4.31 Å². The molecule has 0 unspecified atom stereocenters. The van der Waals surface area contributed by atoms with E-state index in [2.05, 4.69) is 29.2 Å². The van der Waals surface area contributed by atoms with Crippen molar-refractivity contribution in [1.29, 1.82) is 0 Å². The Morgan fingerprint density at radius 1 is 1.05 bits per heavy atom. The molecule has 0 N–H and O–H groups in total. The summed E-state index contributed by atoms with van der Waals surface area (Å²) in [6.45, 7) is 5.65. The summed E-state index contributed by atoms with van der Waals surface area (Å²) in [7, 11) is -3.01. The molecule has 0 aromatic heterocycles. The highest BCUT2D eigenvalue weighted by Gasteiger charge is 2.24. The van der Waals surface area contributed by atoms with Crippen molar-refractivity contribution in [3.05, 3.63) is 35.9 Å². The van der Waals surface area contributed by atoms with Crippen LogP contribution in [0.25, 0.3) is 0 Å². The van der Waals surface area contributed by atoms with Gasteiger partial charge in [-0.15, -0.1) is 0 Å². The Labute approximate surface area is 116 Å². The van der Waals surface area contributed by atoms with E-state index in [9.17, 15) is 8.42 Å². The SMILES string of the molecule is CCS(=O)(=O)N1CCN(CCc2ccccc2)CC1. The second-order valence-electron chi connectivity index (χ2n) is 4.88. The Morgan fingerprint density at radius 3 is 2.26 bits per heavy atom. The summed E-state index contributed by atoms with van der Waals surface area (Å²) in [5.41, 5.74) is 1.34. The van der Waals surface area contributed by atoms with Gasteiger partial charge >= 0.3 is 0 Å². The van der Waals surface area contributed by atoms with Gasteiger partial charge in [0.15, 0.2) is 0 Å². The van der Waals surface area contributed by atoms with Crippen molar-refractivity contribution >= 4 is 10.0 Å². The molecule has 1 saturated heterocycles. The largest absolute Gasteiger partial charge is 0.300 e. The van der Waals surface area contributed by atoms with Crippen LogP contribution in [0.1, 0.15) is 12.5 Å². The molecule has 19 heavy (non-hydrogen) atoms. The molecule has 5 heteroatoms. The van der Waals surface area contributed by atoms with Crippen LogP contribution in [-0.2, 0) is 16.4 Å². The van der Waals surface area contributed by atoms with Gasteiger partial charge in [0.25, 0.3) is 0 Å². The molecule has 0 spiro atoms. The Hall–Kier alpha value is -0.910. The minimum absolute atomic E-state index is 0.205. The predicted molar refractivity (Wildman–Crippen MR) is 77.6 cm³/mol. The second kappa shape index (κ2) is 6.50. The molecule has 0 bridgehead atoms.